The highest BCUT2D eigenvalue weighted by Crippen LogP contribution is 2.27. The fourth-order valence-electron chi connectivity index (χ4n) is 1.99. The minimum absolute atomic E-state index is 0.0940. The molecule has 108 valence electrons. The number of sulfonamides is 1. The summed E-state index contributed by atoms with van der Waals surface area (Å²) in [5, 5.41) is 3.65. The molecule has 0 aromatic carbocycles. The summed E-state index contributed by atoms with van der Waals surface area (Å²) in [5.41, 5.74) is 0.703. The van der Waals surface area contributed by atoms with Crippen molar-refractivity contribution in [3.8, 4) is 11.5 Å². The third-order valence-electron chi connectivity index (χ3n) is 3.02. The molecule has 3 heterocycles. The van der Waals surface area contributed by atoms with Gasteiger partial charge in [-0.1, -0.05) is 5.16 Å². The Morgan fingerprint density at radius 2 is 1.95 bits per heavy atom. The number of ether oxygens (including phenoxy) is 1. The van der Waals surface area contributed by atoms with Gasteiger partial charge in [0.25, 0.3) is 10.0 Å². The number of aryl methyl sites for hydroxylation is 1. The molecule has 1 saturated heterocycles. The zero-order valence-electron chi connectivity index (χ0n) is 10.9. The zero-order valence-corrected chi connectivity index (χ0v) is 11.7. The lowest BCUT2D eigenvalue weighted by molar-refractivity contribution is 0.0724. The first kappa shape index (κ1) is 13.3. The molecular weight excluding hydrogens is 284 g/mol. The average molecular weight is 298 g/mol. The quantitative estimate of drug-likeness (QED) is 0.848. The summed E-state index contributed by atoms with van der Waals surface area (Å²) < 4.78 is 41.7. The molecule has 2 aromatic rings. The third-order valence-corrected chi connectivity index (χ3v) is 4.79. The highest BCUT2D eigenvalue weighted by Gasteiger charge is 2.29. The minimum atomic E-state index is -3.62. The van der Waals surface area contributed by atoms with E-state index in [1.54, 1.807) is 19.1 Å². The monoisotopic (exact) mass is 298 g/mol. The first-order valence-corrected chi connectivity index (χ1v) is 7.63. The minimum Gasteiger partial charge on any atom is -0.440 e. The molecule has 1 aliphatic rings. The van der Waals surface area contributed by atoms with Gasteiger partial charge >= 0.3 is 0 Å². The van der Waals surface area contributed by atoms with Crippen molar-refractivity contribution < 1.29 is 22.1 Å². The third kappa shape index (κ3) is 2.37. The van der Waals surface area contributed by atoms with E-state index in [-0.39, 0.29) is 5.09 Å². The predicted molar refractivity (Wildman–Crippen MR) is 68.5 cm³/mol. The van der Waals surface area contributed by atoms with Crippen molar-refractivity contribution in [2.24, 2.45) is 0 Å². The average Bonchev–Trinajstić information content (AvgIpc) is 3.08. The smallest absolute Gasteiger partial charge is 0.276 e. The van der Waals surface area contributed by atoms with E-state index in [0.29, 0.717) is 43.5 Å². The van der Waals surface area contributed by atoms with Crippen molar-refractivity contribution >= 4 is 10.0 Å². The zero-order chi connectivity index (χ0) is 14.2. The molecule has 0 unspecified atom stereocenters. The van der Waals surface area contributed by atoms with E-state index in [4.69, 9.17) is 13.7 Å². The Morgan fingerprint density at radius 1 is 1.20 bits per heavy atom. The van der Waals surface area contributed by atoms with Crippen LogP contribution in [0.3, 0.4) is 0 Å². The van der Waals surface area contributed by atoms with Gasteiger partial charge in [0.1, 0.15) is 0 Å². The first-order valence-electron chi connectivity index (χ1n) is 6.19. The number of nitrogens with zero attached hydrogens (tertiary/aromatic N) is 2. The molecule has 0 bridgehead atoms. The van der Waals surface area contributed by atoms with Crippen molar-refractivity contribution in [3.63, 3.8) is 0 Å². The maximum atomic E-state index is 12.4. The summed E-state index contributed by atoms with van der Waals surface area (Å²) >= 11 is 0. The molecular formula is C12H14N2O5S. The van der Waals surface area contributed by atoms with Crippen LogP contribution < -0.4 is 0 Å². The van der Waals surface area contributed by atoms with Gasteiger partial charge in [0.15, 0.2) is 5.76 Å². The lowest BCUT2D eigenvalue weighted by Gasteiger charge is -2.24. The van der Waals surface area contributed by atoms with Gasteiger partial charge < -0.3 is 13.7 Å². The molecule has 1 fully saturated rings. The number of aromatic nitrogens is 1. The summed E-state index contributed by atoms with van der Waals surface area (Å²) in [5.74, 6) is 0.753. The van der Waals surface area contributed by atoms with Crippen LogP contribution in [0.25, 0.3) is 11.5 Å². The maximum Gasteiger partial charge on any atom is 0.276 e. The fraction of sp³-hybridized carbons (Fsp3) is 0.417. The Balaban J connectivity index is 1.89. The topological polar surface area (TPSA) is 85.8 Å². The second kappa shape index (κ2) is 5.04. The molecule has 7 nitrogen and oxygen atoms in total. The van der Waals surface area contributed by atoms with Gasteiger partial charge in [-0.2, -0.15) is 4.31 Å². The maximum absolute atomic E-state index is 12.4. The molecule has 20 heavy (non-hydrogen) atoms. The molecule has 0 aliphatic carbocycles. The largest absolute Gasteiger partial charge is 0.440 e. The molecule has 2 aromatic heterocycles. The van der Waals surface area contributed by atoms with Crippen molar-refractivity contribution in [2.45, 2.75) is 12.0 Å². The van der Waals surface area contributed by atoms with Crippen molar-refractivity contribution in [3.05, 3.63) is 23.9 Å². The molecule has 8 heteroatoms. The van der Waals surface area contributed by atoms with Crippen molar-refractivity contribution in [1.29, 1.82) is 0 Å². The molecule has 0 radical (unpaired) electrons. The van der Waals surface area contributed by atoms with Gasteiger partial charge in [0.2, 0.25) is 10.9 Å². The predicted octanol–water partition coefficient (Wildman–Crippen LogP) is 1.26. The van der Waals surface area contributed by atoms with E-state index < -0.39 is 10.0 Å². The van der Waals surface area contributed by atoms with Crippen LogP contribution in [0.5, 0.6) is 0 Å². The van der Waals surface area contributed by atoms with E-state index in [0.717, 1.165) is 0 Å². The highest BCUT2D eigenvalue weighted by atomic mass is 32.2. The number of hydrogen-bond acceptors (Lipinski definition) is 6. The Labute approximate surface area is 116 Å². The van der Waals surface area contributed by atoms with Gasteiger partial charge in [-0.15, -0.1) is 0 Å². The number of morpholine rings is 1. The Kier molecular flexibility index (Phi) is 3.36. The molecule has 0 saturated carbocycles. The van der Waals surface area contributed by atoms with E-state index in [9.17, 15) is 8.42 Å². The van der Waals surface area contributed by atoms with Gasteiger partial charge in [0.05, 0.1) is 18.9 Å². The molecule has 0 amide bonds. The SMILES string of the molecule is Cc1cc(-c2ccc(S(=O)(=O)N3CCOCC3)o2)on1. The van der Waals surface area contributed by atoms with Crippen LogP contribution in [-0.2, 0) is 14.8 Å². The Bertz CT molecular complexity index is 697. The van der Waals surface area contributed by atoms with Gasteiger partial charge in [-0.05, 0) is 19.1 Å². The van der Waals surface area contributed by atoms with Crippen LogP contribution in [0, 0.1) is 6.92 Å². The summed E-state index contributed by atoms with van der Waals surface area (Å²) in [6.45, 7) is 3.24. The number of furan rings is 1. The second-order valence-corrected chi connectivity index (χ2v) is 6.34. The lowest BCUT2D eigenvalue weighted by Crippen LogP contribution is -2.40. The molecule has 1 aliphatic heterocycles. The van der Waals surface area contributed by atoms with Crippen LogP contribution in [-0.4, -0.2) is 44.2 Å². The summed E-state index contributed by atoms with van der Waals surface area (Å²) in [6.07, 6.45) is 0. The van der Waals surface area contributed by atoms with Crippen molar-refractivity contribution in [1.82, 2.24) is 9.46 Å². The number of rotatable bonds is 3. The van der Waals surface area contributed by atoms with Crippen LogP contribution >= 0.6 is 0 Å². The molecule has 3 rings (SSSR count). The second-order valence-electron chi connectivity index (χ2n) is 4.47. The van der Waals surface area contributed by atoms with Gasteiger partial charge in [0, 0.05) is 19.2 Å². The molecule has 0 atom stereocenters. The van der Waals surface area contributed by atoms with Crippen LogP contribution in [0.4, 0.5) is 0 Å². The van der Waals surface area contributed by atoms with Crippen LogP contribution in [0.1, 0.15) is 5.69 Å². The molecule has 0 N–H and O–H groups in total. The van der Waals surface area contributed by atoms with E-state index in [1.807, 2.05) is 0 Å². The van der Waals surface area contributed by atoms with E-state index in [1.165, 1.54) is 10.4 Å². The van der Waals surface area contributed by atoms with Gasteiger partial charge in [-0.3, -0.25) is 0 Å². The lowest BCUT2D eigenvalue weighted by atomic mass is 10.3. The summed E-state index contributed by atoms with van der Waals surface area (Å²) in [4.78, 5) is 0. The van der Waals surface area contributed by atoms with Crippen LogP contribution in [0.2, 0.25) is 0 Å². The van der Waals surface area contributed by atoms with Gasteiger partial charge in [-0.25, -0.2) is 8.42 Å². The summed E-state index contributed by atoms with van der Waals surface area (Å²) in [6, 6.07) is 4.68. The normalized spacial score (nSPS) is 17.4. The number of hydrogen-bond donors (Lipinski definition) is 0. The van der Waals surface area contributed by atoms with Crippen molar-refractivity contribution in [2.75, 3.05) is 26.3 Å². The Hall–Kier alpha value is -1.64. The van der Waals surface area contributed by atoms with Crippen LogP contribution in [0.15, 0.2) is 32.2 Å². The molecule has 0 spiro atoms. The van der Waals surface area contributed by atoms with E-state index in [2.05, 4.69) is 5.16 Å². The van der Waals surface area contributed by atoms with E-state index >= 15 is 0 Å². The standard InChI is InChI=1S/C12H14N2O5S/c1-9-8-11(19-13-9)10-2-3-12(18-10)20(15,16)14-4-6-17-7-5-14/h2-3,8H,4-7H2,1H3. The Morgan fingerprint density at radius 3 is 2.60 bits per heavy atom. The fourth-order valence-corrected chi connectivity index (χ4v) is 3.30. The first-order chi connectivity index (χ1) is 9.57. The highest BCUT2D eigenvalue weighted by molar-refractivity contribution is 7.89. The summed E-state index contributed by atoms with van der Waals surface area (Å²) in [7, 11) is -3.62.